The molecule has 0 radical (unpaired) electrons. The van der Waals surface area contributed by atoms with Crippen LogP contribution < -0.4 is 0 Å². The lowest BCUT2D eigenvalue weighted by molar-refractivity contribution is 0.672. The number of rotatable bonds is 10. The molecule has 0 saturated heterocycles. The van der Waals surface area contributed by atoms with Crippen LogP contribution in [0.2, 0.25) is 0 Å². The number of hydrogen-bond acceptors (Lipinski definition) is 0. The maximum Gasteiger partial charge on any atom is 0.0827 e. The van der Waals surface area contributed by atoms with Gasteiger partial charge < -0.3 is 0 Å². The number of unbranched alkanes of at least 4 members (excludes halogenated alkanes) is 7. The third-order valence-corrected chi connectivity index (χ3v) is 2.47. The Balaban J connectivity index is 3.03. The molecule has 0 saturated carbocycles. The second-order valence-corrected chi connectivity index (χ2v) is 3.97. The van der Waals surface area contributed by atoms with Crippen molar-refractivity contribution < 1.29 is 4.39 Å². The standard InChI is InChI=1S/C14H25F/c1-2-3-4-5-6-7-8-9-10-11-12-13-14-15/h7-8,13-14H,2-6,9-12H2,1H3. The van der Waals surface area contributed by atoms with Crippen molar-refractivity contribution in [1.82, 2.24) is 0 Å². The Bertz CT molecular complexity index is 159. The molecule has 0 aromatic rings. The van der Waals surface area contributed by atoms with Gasteiger partial charge in [0.25, 0.3) is 0 Å². The maximum atomic E-state index is 11.6. The van der Waals surface area contributed by atoms with Gasteiger partial charge >= 0.3 is 0 Å². The lowest BCUT2D eigenvalue weighted by atomic mass is 10.1. The summed E-state index contributed by atoms with van der Waals surface area (Å²) in [4.78, 5) is 0. The van der Waals surface area contributed by atoms with Crippen molar-refractivity contribution >= 4 is 0 Å². The van der Waals surface area contributed by atoms with Crippen LogP contribution in [0.3, 0.4) is 0 Å². The summed E-state index contributed by atoms with van der Waals surface area (Å²) in [7, 11) is 0. The Morgan fingerprint density at radius 2 is 1.27 bits per heavy atom. The fraction of sp³-hybridized carbons (Fsp3) is 0.714. The van der Waals surface area contributed by atoms with Gasteiger partial charge in [-0.2, -0.15) is 0 Å². The quantitative estimate of drug-likeness (QED) is 0.328. The molecule has 0 unspecified atom stereocenters. The van der Waals surface area contributed by atoms with Crippen LogP contribution in [0, 0.1) is 0 Å². The van der Waals surface area contributed by atoms with Gasteiger partial charge in [0, 0.05) is 0 Å². The van der Waals surface area contributed by atoms with E-state index >= 15 is 0 Å². The molecule has 0 atom stereocenters. The van der Waals surface area contributed by atoms with Gasteiger partial charge in [0.2, 0.25) is 0 Å². The minimum absolute atomic E-state index is 0.642. The molecular formula is C14H25F. The summed E-state index contributed by atoms with van der Waals surface area (Å²) in [5.74, 6) is 0. The Kier molecular flexibility index (Phi) is 12.9. The van der Waals surface area contributed by atoms with E-state index < -0.39 is 0 Å². The second-order valence-electron chi connectivity index (χ2n) is 3.97. The highest BCUT2D eigenvalue weighted by Crippen LogP contribution is 2.05. The van der Waals surface area contributed by atoms with E-state index in [1.165, 1.54) is 38.5 Å². The van der Waals surface area contributed by atoms with Gasteiger partial charge in [-0.25, -0.2) is 4.39 Å². The largest absolute Gasteiger partial charge is 0.216 e. The summed E-state index contributed by atoms with van der Waals surface area (Å²) in [5.41, 5.74) is 0. The predicted molar refractivity (Wildman–Crippen MR) is 66.6 cm³/mol. The zero-order valence-corrected chi connectivity index (χ0v) is 10.1. The van der Waals surface area contributed by atoms with Gasteiger partial charge in [-0.3, -0.25) is 0 Å². The lowest BCUT2D eigenvalue weighted by Crippen LogP contribution is -1.75. The van der Waals surface area contributed by atoms with Crippen molar-refractivity contribution in [2.45, 2.75) is 64.7 Å². The van der Waals surface area contributed by atoms with Crippen LogP contribution in [0.1, 0.15) is 64.7 Å². The van der Waals surface area contributed by atoms with Crippen molar-refractivity contribution in [1.29, 1.82) is 0 Å². The molecule has 88 valence electrons. The Labute approximate surface area is 94.3 Å². The zero-order valence-electron chi connectivity index (χ0n) is 10.1. The highest BCUT2D eigenvalue weighted by Gasteiger charge is 1.85. The molecule has 0 aliphatic rings. The van der Waals surface area contributed by atoms with E-state index in [9.17, 15) is 4.39 Å². The van der Waals surface area contributed by atoms with E-state index in [-0.39, 0.29) is 0 Å². The van der Waals surface area contributed by atoms with Crippen LogP contribution in [0.15, 0.2) is 24.6 Å². The average Bonchev–Trinajstić information content (AvgIpc) is 2.26. The molecule has 0 rings (SSSR count). The van der Waals surface area contributed by atoms with Crippen molar-refractivity contribution in [2.24, 2.45) is 0 Å². The second kappa shape index (κ2) is 13.4. The first-order valence-electron chi connectivity index (χ1n) is 6.32. The highest BCUT2D eigenvalue weighted by molar-refractivity contribution is 4.81. The van der Waals surface area contributed by atoms with Gasteiger partial charge in [0.15, 0.2) is 0 Å². The van der Waals surface area contributed by atoms with E-state index in [4.69, 9.17) is 0 Å². The van der Waals surface area contributed by atoms with E-state index in [0.717, 1.165) is 19.3 Å². The Morgan fingerprint density at radius 3 is 1.80 bits per heavy atom. The summed E-state index contributed by atoms with van der Waals surface area (Å²) in [6.07, 6.45) is 17.7. The summed E-state index contributed by atoms with van der Waals surface area (Å²) >= 11 is 0. The van der Waals surface area contributed by atoms with Crippen LogP contribution in [0.25, 0.3) is 0 Å². The van der Waals surface area contributed by atoms with Gasteiger partial charge in [-0.1, -0.05) is 44.4 Å². The van der Waals surface area contributed by atoms with E-state index in [0.29, 0.717) is 6.33 Å². The summed E-state index contributed by atoms with van der Waals surface area (Å²) in [6.45, 7) is 2.24. The van der Waals surface area contributed by atoms with Gasteiger partial charge in [0.05, 0.1) is 6.33 Å². The van der Waals surface area contributed by atoms with Crippen molar-refractivity contribution in [3.8, 4) is 0 Å². The van der Waals surface area contributed by atoms with E-state index in [2.05, 4.69) is 19.1 Å². The molecule has 0 spiro atoms. The molecule has 15 heavy (non-hydrogen) atoms. The molecule has 0 fully saturated rings. The smallest absolute Gasteiger partial charge is 0.0827 e. The lowest BCUT2D eigenvalue weighted by Gasteiger charge is -1.95. The SMILES string of the molecule is CCCCCCC=CCCCCC=CF. The van der Waals surface area contributed by atoms with Crippen molar-refractivity contribution in [3.63, 3.8) is 0 Å². The van der Waals surface area contributed by atoms with Gasteiger partial charge in [-0.15, -0.1) is 0 Å². The van der Waals surface area contributed by atoms with E-state index in [1.54, 1.807) is 6.08 Å². The fourth-order valence-electron chi connectivity index (χ4n) is 1.51. The molecule has 0 aromatic heterocycles. The minimum Gasteiger partial charge on any atom is -0.216 e. The van der Waals surface area contributed by atoms with Crippen LogP contribution >= 0.6 is 0 Å². The third kappa shape index (κ3) is 13.4. The maximum absolute atomic E-state index is 11.6. The third-order valence-electron chi connectivity index (χ3n) is 2.47. The van der Waals surface area contributed by atoms with Crippen LogP contribution in [-0.4, -0.2) is 0 Å². The van der Waals surface area contributed by atoms with Gasteiger partial charge in [0.1, 0.15) is 0 Å². The van der Waals surface area contributed by atoms with E-state index in [1.807, 2.05) is 0 Å². The molecule has 0 nitrogen and oxygen atoms in total. The van der Waals surface area contributed by atoms with Crippen LogP contribution in [-0.2, 0) is 0 Å². The molecular weight excluding hydrogens is 187 g/mol. The first kappa shape index (κ1) is 14.4. The first-order chi connectivity index (χ1) is 7.41. The molecule has 1 heteroatoms. The minimum atomic E-state index is 0.642. The topological polar surface area (TPSA) is 0 Å². The molecule has 0 heterocycles. The molecule has 0 amide bonds. The number of hydrogen-bond donors (Lipinski definition) is 0. The monoisotopic (exact) mass is 212 g/mol. The Hall–Kier alpha value is -0.590. The van der Waals surface area contributed by atoms with Crippen LogP contribution in [0.4, 0.5) is 4.39 Å². The zero-order chi connectivity index (χ0) is 11.2. The Morgan fingerprint density at radius 1 is 0.733 bits per heavy atom. The highest BCUT2D eigenvalue weighted by atomic mass is 19.1. The first-order valence-corrected chi connectivity index (χ1v) is 6.32. The fourth-order valence-corrected chi connectivity index (χ4v) is 1.51. The summed E-state index contributed by atoms with van der Waals surface area (Å²) in [5, 5.41) is 0. The molecule has 0 bridgehead atoms. The average molecular weight is 212 g/mol. The number of halogens is 1. The summed E-state index contributed by atoms with van der Waals surface area (Å²) in [6, 6.07) is 0. The molecule has 0 aromatic carbocycles. The molecule has 0 N–H and O–H groups in total. The van der Waals surface area contributed by atoms with Crippen LogP contribution in [0.5, 0.6) is 0 Å². The molecule has 0 aliphatic carbocycles. The van der Waals surface area contributed by atoms with Crippen molar-refractivity contribution in [2.75, 3.05) is 0 Å². The summed E-state index contributed by atoms with van der Waals surface area (Å²) < 4.78 is 11.6. The predicted octanol–water partition coefficient (Wildman–Crippen LogP) is 5.56. The van der Waals surface area contributed by atoms with Gasteiger partial charge in [-0.05, 0) is 38.5 Å². The van der Waals surface area contributed by atoms with Crippen molar-refractivity contribution in [3.05, 3.63) is 24.6 Å². The number of allylic oxidation sites excluding steroid dienone is 3. The normalized spacial score (nSPS) is 11.9. The molecule has 0 aliphatic heterocycles.